The van der Waals surface area contributed by atoms with E-state index in [9.17, 15) is 14.7 Å². The number of carbonyl (C=O) groups excluding carboxylic acids is 2. The number of fused-ring (bicyclic) bond motifs is 1. The van der Waals surface area contributed by atoms with Crippen LogP contribution >= 0.6 is 0 Å². The van der Waals surface area contributed by atoms with Gasteiger partial charge in [-0.1, -0.05) is 60.7 Å². The van der Waals surface area contributed by atoms with Crippen LogP contribution in [-0.2, 0) is 27.4 Å². The minimum absolute atomic E-state index is 0.147. The molecule has 4 rings (SSSR count). The standard InChI is InChI=1S/C28H35N3O4/c1-29(2)16-17-30(3)23-18-22-25(24(32)15-14-20-10-6-4-7-11-20)27(33)31(22)26(23)28(34)35-19-21-12-8-5-9-13-21/h4-13,22,24-25,32H,14-19H2,1-3H3. The van der Waals surface area contributed by atoms with E-state index >= 15 is 0 Å². The van der Waals surface area contributed by atoms with Crippen LogP contribution in [-0.4, -0.2) is 78.1 Å². The van der Waals surface area contributed by atoms with Gasteiger partial charge in [0.1, 0.15) is 12.3 Å². The number of aliphatic hydroxyl groups excluding tert-OH is 1. The fourth-order valence-corrected chi connectivity index (χ4v) is 4.88. The summed E-state index contributed by atoms with van der Waals surface area (Å²) in [5.74, 6) is -1.19. The van der Waals surface area contributed by atoms with Crippen molar-refractivity contribution in [2.24, 2.45) is 5.92 Å². The molecule has 1 amide bonds. The number of rotatable bonds is 11. The van der Waals surface area contributed by atoms with Crippen LogP contribution in [0, 0.1) is 5.92 Å². The van der Waals surface area contributed by atoms with Gasteiger partial charge in [-0.2, -0.15) is 0 Å². The molecule has 1 N–H and O–H groups in total. The van der Waals surface area contributed by atoms with Gasteiger partial charge < -0.3 is 19.6 Å². The number of esters is 1. The summed E-state index contributed by atoms with van der Waals surface area (Å²) in [4.78, 5) is 32.1. The SMILES string of the molecule is CN(C)CCN(C)C1=C(C(=O)OCc2ccccc2)N2C(=O)C(C(O)CCc3ccccc3)C2C1. The van der Waals surface area contributed by atoms with Crippen LogP contribution in [0.3, 0.4) is 0 Å². The molecule has 3 atom stereocenters. The summed E-state index contributed by atoms with van der Waals surface area (Å²) in [5, 5.41) is 10.9. The Hall–Kier alpha value is -3.16. The van der Waals surface area contributed by atoms with E-state index in [0.717, 1.165) is 23.4 Å². The van der Waals surface area contributed by atoms with Crippen LogP contribution in [0.25, 0.3) is 0 Å². The normalized spacial score (nSPS) is 20.0. The van der Waals surface area contributed by atoms with E-state index in [1.807, 2.05) is 86.7 Å². The summed E-state index contributed by atoms with van der Waals surface area (Å²) in [6.07, 6.45) is 0.994. The lowest BCUT2D eigenvalue weighted by atomic mass is 9.80. The second kappa shape index (κ2) is 11.1. The maximum Gasteiger partial charge on any atom is 0.357 e. The van der Waals surface area contributed by atoms with E-state index in [-0.39, 0.29) is 18.6 Å². The summed E-state index contributed by atoms with van der Waals surface area (Å²) in [6.45, 7) is 1.68. The minimum Gasteiger partial charge on any atom is -0.456 e. The van der Waals surface area contributed by atoms with Gasteiger partial charge in [0.05, 0.1) is 18.1 Å². The summed E-state index contributed by atoms with van der Waals surface area (Å²) < 4.78 is 5.63. The molecule has 3 unspecified atom stereocenters. The van der Waals surface area contributed by atoms with Gasteiger partial charge >= 0.3 is 5.97 Å². The molecule has 0 spiro atoms. The van der Waals surface area contributed by atoms with Gasteiger partial charge in [0.15, 0.2) is 0 Å². The Morgan fingerprint density at radius 2 is 1.66 bits per heavy atom. The quantitative estimate of drug-likeness (QED) is 0.396. The number of ether oxygens (including phenoxy) is 1. The van der Waals surface area contributed by atoms with Gasteiger partial charge in [0.25, 0.3) is 0 Å². The van der Waals surface area contributed by atoms with Gasteiger partial charge in [-0.15, -0.1) is 0 Å². The molecule has 2 heterocycles. The van der Waals surface area contributed by atoms with Crippen molar-refractivity contribution in [1.29, 1.82) is 0 Å². The largest absolute Gasteiger partial charge is 0.456 e. The first-order chi connectivity index (χ1) is 16.9. The van der Waals surface area contributed by atoms with Crippen molar-refractivity contribution >= 4 is 11.9 Å². The fourth-order valence-electron chi connectivity index (χ4n) is 4.88. The Labute approximate surface area is 207 Å². The Bertz CT molecular complexity index is 1050. The van der Waals surface area contributed by atoms with Crippen molar-refractivity contribution in [2.45, 2.75) is 38.0 Å². The smallest absolute Gasteiger partial charge is 0.357 e. The highest BCUT2D eigenvalue weighted by Crippen LogP contribution is 2.45. The lowest BCUT2D eigenvalue weighted by Crippen LogP contribution is -2.62. The molecule has 1 fully saturated rings. The average molecular weight is 478 g/mol. The topological polar surface area (TPSA) is 73.3 Å². The molecular weight excluding hydrogens is 442 g/mol. The molecule has 2 aliphatic heterocycles. The molecular formula is C28H35N3O4. The van der Waals surface area contributed by atoms with Crippen LogP contribution in [0.15, 0.2) is 72.1 Å². The summed E-state index contributed by atoms with van der Waals surface area (Å²) >= 11 is 0. The Morgan fingerprint density at radius 3 is 2.29 bits per heavy atom. The van der Waals surface area contributed by atoms with Gasteiger partial charge in [0, 0.05) is 32.3 Å². The highest BCUT2D eigenvalue weighted by molar-refractivity contribution is 6.00. The molecule has 0 aliphatic carbocycles. The van der Waals surface area contributed by atoms with Crippen LogP contribution < -0.4 is 0 Å². The van der Waals surface area contributed by atoms with Crippen molar-refractivity contribution in [1.82, 2.24) is 14.7 Å². The van der Waals surface area contributed by atoms with E-state index in [1.165, 1.54) is 0 Å². The summed E-state index contributed by atoms with van der Waals surface area (Å²) in [7, 11) is 5.95. The van der Waals surface area contributed by atoms with Crippen molar-refractivity contribution in [3.63, 3.8) is 0 Å². The first-order valence-corrected chi connectivity index (χ1v) is 12.2. The number of β-lactam (4-membered cyclic amide) rings is 1. The molecule has 2 aliphatic rings. The average Bonchev–Trinajstić information content (AvgIpc) is 3.21. The predicted molar refractivity (Wildman–Crippen MR) is 134 cm³/mol. The number of hydrogen-bond acceptors (Lipinski definition) is 6. The van der Waals surface area contributed by atoms with Gasteiger partial charge in [-0.25, -0.2) is 4.79 Å². The first-order valence-electron chi connectivity index (χ1n) is 12.2. The van der Waals surface area contributed by atoms with E-state index in [2.05, 4.69) is 4.90 Å². The number of amides is 1. The molecule has 1 saturated heterocycles. The van der Waals surface area contributed by atoms with E-state index < -0.39 is 18.0 Å². The van der Waals surface area contributed by atoms with Crippen LogP contribution in [0.2, 0.25) is 0 Å². The number of benzene rings is 2. The van der Waals surface area contributed by atoms with Crippen molar-refractivity contribution < 1.29 is 19.4 Å². The van der Waals surface area contributed by atoms with E-state index in [0.29, 0.717) is 31.5 Å². The fraction of sp³-hybridized carbons (Fsp3) is 0.429. The molecule has 186 valence electrons. The lowest BCUT2D eigenvalue weighted by Gasteiger charge is -2.45. The molecule has 35 heavy (non-hydrogen) atoms. The second-order valence-electron chi connectivity index (χ2n) is 9.68. The molecule has 0 saturated carbocycles. The Kier molecular flexibility index (Phi) is 7.88. The maximum atomic E-state index is 13.2. The summed E-state index contributed by atoms with van der Waals surface area (Å²) in [5.41, 5.74) is 3.15. The zero-order valence-corrected chi connectivity index (χ0v) is 20.8. The first kappa shape index (κ1) is 24.9. The molecule has 2 aromatic carbocycles. The minimum atomic E-state index is -0.753. The summed E-state index contributed by atoms with van der Waals surface area (Å²) in [6, 6.07) is 19.3. The maximum absolute atomic E-state index is 13.2. The molecule has 0 bridgehead atoms. The van der Waals surface area contributed by atoms with Crippen LogP contribution in [0.5, 0.6) is 0 Å². The number of nitrogens with zero attached hydrogens (tertiary/aromatic N) is 3. The van der Waals surface area contributed by atoms with Gasteiger partial charge in [0.2, 0.25) is 5.91 Å². The monoisotopic (exact) mass is 477 g/mol. The van der Waals surface area contributed by atoms with Crippen LogP contribution in [0.4, 0.5) is 0 Å². The Balaban J connectivity index is 1.47. The van der Waals surface area contributed by atoms with E-state index in [4.69, 9.17) is 4.74 Å². The predicted octanol–water partition coefficient (Wildman–Crippen LogP) is 2.66. The third-order valence-corrected chi connectivity index (χ3v) is 6.92. The zero-order chi connectivity index (χ0) is 24.9. The number of hydrogen-bond donors (Lipinski definition) is 1. The third kappa shape index (κ3) is 5.57. The second-order valence-corrected chi connectivity index (χ2v) is 9.68. The highest BCUT2D eigenvalue weighted by atomic mass is 16.5. The van der Waals surface area contributed by atoms with Gasteiger partial charge in [-0.05, 0) is 38.1 Å². The highest BCUT2D eigenvalue weighted by Gasteiger charge is 2.58. The molecule has 0 aromatic heterocycles. The third-order valence-electron chi connectivity index (χ3n) is 6.92. The van der Waals surface area contributed by atoms with E-state index in [1.54, 1.807) is 4.90 Å². The van der Waals surface area contributed by atoms with Crippen LogP contribution in [0.1, 0.15) is 24.0 Å². The van der Waals surface area contributed by atoms with Crippen molar-refractivity contribution in [2.75, 3.05) is 34.2 Å². The van der Waals surface area contributed by atoms with Crippen molar-refractivity contribution in [3.05, 3.63) is 83.2 Å². The molecule has 2 aromatic rings. The number of likely N-dealkylation sites (N-methyl/N-ethyl adjacent to an activating group) is 2. The molecule has 0 radical (unpaired) electrons. The number of aliphatic hydroxyl groups is 1. The molecule has 7 heteroatoms. The zero-order valence-electron chi connectivity index (χ0n) is 20.8. The van der Waals surface area contributed by atoms with Gasteiger partial charge in [-0.3, -0.25) is 9.69 Å². The molecule has 7 nitrogen and oxygen atoms in total. The van der Waals surface area contributed by atoms with Crippen molar-refractivity contribution in [3.8, 4) is 0 Å². The number of aryl methyl sites for hydroxylation is 1. The Morgan fingerprint density at radius 1 is 1.03 bits per heavy atom. The number of carbonyl (C=O) groups is 2. The lowest BCUT2D eigenvalue weighted by molar-refractivity contribution is -0.163.